The summed E-state index contributed by atoms with van der Waals surface area (Å²) in [4.78, 5) is 32.8. The van der Waals surface area contributed by atoms with Gasteiger partial charge in [0.15, 0.2) is 5.16 Å². The summed E-state index contributed by atoms with van der Waals surface area (Å²) < 4.78 is 6.95. The highest BCUT2D eigenvalue weighted by atomic mass is 32.2. The highest BCUT2D eigenvalue weighted by Gasteiger charge is 2.19. The first-order valence-corrected chi connectivity index (χ1v) is 11.9. The third kappa shape index (κ3) is 5.05. The van der Waals surface area contributed by atoms with Crippen molar-refractivity contribution in [1.29, 1.82) is 5.26 Å². The lowest BCUT2D eigenvalue weighted by Crippen LogP contribution is -2.33. The van der Waals surface area contributed by atoms with E-state index in [9.17, 15) is 9.59 Å². The van der Waals surface area contributed by atoms with Crippen LogP contribution in [-0.2, 0) is 11.3 Å². The van der Waals surface area contributed by atoms with Crippen LogP contribution in [0, 0.1) is 25.2 Å². The van der Waals surface area contributed by atoms with E-state index in [0.717, 1.165) is 11.1 Å². The van der Waals surface area contributed by atoms with Crippen LogP contribution in [0.3, 0.4) is 0 Å². The molecule has 2 aromatic heterocycles. The average molecular weight is 473 g/mol. The predicted octanol–water partition coefficient (Wildman–Crippen LogP) is 4.63. The fraction of sp³-hybridized carbons (Fsp3) is 0.231. The van der Waals surface area contributed by atoms with Crippen molar-refractivity contribution < 1.29 is 9.21 Å². The molecule has 0 bridgehead atoms. The predicted molar refractivity (Wildman–Crippen MR) is 132 cm³/mol. The smallest absolute Gasteiger partial charge is 0.266 e. The van der Waals surface area contributed by atoms with Crippen LogP contribution >= 0.6 is 11.8 Å². The van der Waals surface area contributed by atoms with E-state index in [1.165, 1.54) is 11.8 Å². The van der Waals surface area contributed by atoms with Crippen LogP contribution in [0.2, 0.25) is 0 Å². The van der Waals surface area contributed by atoms with E-state index in [1.54, 1.807) is 40.0 Å². The van der Waals surface area contributed by atoms with Gasteiger partial charge in [0, 0.05) is 6.54 Å². The van der Waals surface area contributed by atoms with Crippen molar-refractivity contribution in [2.24, 2.45) is 0 Å². The van der Waals surface area contributed by atoms with Crippen LogP contribution in [0.4, 0.5) is 0 Å². The Kier molecular flexibility index (Phi) is 7.14. The van der Waals surface area contributed by atoms with Gasteiger partial charge in [-0.05, 0) is 61.4 Å². The molecule has 2 heterocycles. The molecular formula is C26H24N4O3S. The molecule has 0 saturated heterocycles. The lowest BCUT2D eigenvalue weighted by atomic mass is 10.1. The summed E-state index contributed by atoms with van der Waals surface area (Å²) in [5, 5.41) is 9.96. The first-order valence-electron chi connectivity index (χ1n) is 10.9. The minimum Gasteiger partial charge on any atom is -0.467 e. The van der Waals surface area contributed by atoms with Gasteiger partial charge in [-0.15, -0.1) is 0 Å². The second-order valence-electron chi connectivity index (χ2n) is 7.91. The summed E-state index contributed by atoms with van der Waals surface area (Å²) in [7, 11) is 0. The Morgan fingerprint density at radius 2 is 1.97 bits per heavy atom. The molecule has 0 saturated carbocycles. The zero-order chi connectivity index (χ0) is 24.1. The summed E-state index contributed by atoms with van der Waals surface area (Å²) in [5.41, 5.74) is 3.30. The molecule has 0 aliphatic heterocycles. The molecule has 7 nitrogen and oxygen atoms in total. The van der Waals surface area contributed by atoms with E-state index in [1.807, 2.05) is 44.2 Å². The van der Waals surface area contributed by atoms with E-state index in [4.69, 9.17) is 14.7 Å². The fourth-order valence-electron chi connectivity index (χ4n) is 3.59. The van der Waals surface area contributed by atoms with Crippen LogP contribution in [0.1, 0.15) is 23.3 Å². The number of nitrogens with zero attached hydrogens (tertiary/aromatic N) is 4. The molecule has 0 spiro atoms. The fourth-order valence-corrected chi connectivity index (χ4v) is 4.50. The number of fused-ring (bicyclic) bond motifs is 1. The number of carbonyl (C=O) groups excluding carboxylic acids is 1. The Morgan fingerprint density at radius 1 is 1.15 bits per heavy atom. The highest BCUT2D eigenvalue weighted by Crippen LogP contribution is 2.23. The number of amides is 1. The highest BCUT2D eigenvalue weighted by molar-refractivity contribution is 7.99. The Morgan fingerprint density at radius 3 is 2.71 bits per heavy atom. The SMILES string of the molecule is Cc1ccc(-n2c(SCC(=O)N(CCC#N)Cc3ccco3)nc3ccccc3c2=O)cc1C. The molecule has 8 heteroatoms. The van der Waals surface area contributed by atoms with Crippen LogP contribution < -0.4 is 5.56 Å². The number of benzene rings is 2. The molecule has 2 aromatic carbocycles. The third-order valence-corrected chi connectivity index (χ3v) is 6.51. The van der Waals surface area contributed by atoms with Crippen molar-refractivity contribution in [3.8, 4) is 11.8 Å². The van der Waals surface area contributed by atoms with Crippen LogP contribution in [-0.4, -0.2) is 32.7 Å². The zero-order valence-corrected chi connectivity index (χ0v) is 19.8. The molecule has 0 atom stereocenters. The Balaban J connectivity index is 1.67. The standard InChI is InChI=1S/C26H24N4O3S/c1-18-10-11-20(15-19(18)2)30-25(32)22-8-3-4-9-23(22)28-26(30)34-17-24(31)29(13-6-12-27)16-21-7-5-14-33-21/h3-5,7-11,14-15H,6,13,16-17H2,1-2H3. The number of aromatic nitrogens is 2. The monoisotopic (exact) mass is 472 g/mol. The number of thioether (sulfide) groups is 1. The summed E-state index contributed by atoms with van der Waals surface area (Å²) in [6, 6.07) is 18.7. The number of furan rings is 1. The number of nitriles is 1. The molecule has 4 rings (SSSR count). The molecule has 0 fully saturated rings. The average Bonchev–Trinajstić information content (AvgIpc) is 3.35. The molecule has 4 aromatic rings. The molecule has 0 aliphatic rings. The van der Waals surface area contributed by atoms with Gasteiger partial charge < -0.3 is 9.32 Å². The van der Waals surface area contributed by atoms with E-state index in [-0.39, 0.29) is 30.2 Å². The van der Waals surface area contributed by atoms with Gasteiger partial charge in [-0.2, -0.15) is 5.26 Å². The van der Waals surface area contributed by atoms with Crippen molar-refractivity contribution in [2.75, 3.05) is 12.3 Å². The number of aryl methyl sites for hydroxylation is 2. The molecule has 0 N–H and O–H groups in total. The molecule has 1 amide bonds. The van der Waals surface area contributed by atoms with E-state index < -0.39 is 0 Å². The third-order valence-electron chi connectivity index (χ3n) is 5.59. The lowest BCUT2D eigenvalue weighted by molar-refractivity contribution is -0.129. The lowest BCUT2D eigenvalue weighted by Gasteiger charge is -2.21. The summed E-state index contributed by atoms with van der Waals surface area (Å²) >= 11 is 1.21. The normalized spacial score (nSPS) is 10.9. The molecular weight excluding hydrogens is 448 g/mol. The van der Waals surface area contributed by atoms with Gasteiger partial charge in [-0.25, -0.2) is 4.98 Å². The number of hydrogen-bond donors (Lipinski definition) is 0. The van der Waals surface area contributed by atoms with Crippen LogP contribution in [0.25, 0.3) is 16.6 Å². The summed E-state index contributed by atoms with van der Waals surface area (Å²) in [6.45, 7) is 4.59. The Labute approximate surface area is 201 Å². The van der Waals surface area contributed by atoms with Crippen molar-refractivity contribution in [3.63, 3.8) is 0 Å². The van der Waals surface area contributed by atoms with Gasteiger partial charge in [0.1, 0.15) is 5.76 Å². The van der Waals surface area contributed by atoms with Crippen LogP contribution in [0.15, 0.2) is 75.2 Å². The van der Waals surface area contributed by atoms with Crippen molar-refractivity contribution in [2.45, 2.75) is 32.0 Å². The minimum absolute atomic E-state index is 0.0712. The Bertz CT molecular complexity index is 1420. The largest absolute Gasteiger partial charge is 0.467 e. The van der Waals surface area contributed by atoms with Gasteiger partial charge in [0.05, 0.1) is 47.6 Å². The first-order chi connectivity index (χ1) is 16.5. The summed E-state index contributed by atoms with van der Waals surface area (Å²) in [6.07, 6.45) is 1.77. The molecule has 0 radical (unpaired) electrons. The van der Waals surface area contributed by atoms with Crippen molar-refractivity contribution in [1.82, 2.24) is 14.5 Å². The van der Waals surface area contributed by atoms with Crippen molar-refractivity contribution >= 4 is 28.6 Å². The molecule has 34 heavy (non-hydrogen) atoms. The maximum Gasteiger partial charge on any atom is 0.266 e. The van der Waals surface area contributed by atoms with Crippen LogP contribution in [0.5, 0.6) is 0 Å². The molecule has 0 aliphatic carbocycles. The van der Waals surface area contributed by atoms with E-state index in [2.05, 4.69) is 6.07 Å². The molecule has 0 unspecified atom stereocenters. The first kappa shape index (κ1) is 23.3. The van der Waals surface area contributed by atoms with Gasteiger partial charge in [-0.3, -0.25) is 14.2 Å². The quantitative estimate of drug-likeness (QED) is 0.274. The topological polar surface area (TPSA) is 92.1 Å². The second-order valence-corrected chi connectivity index (χ2v) is 8.85. The van der Waals surface area contributed by atoms with Gasteiger partial charge >= 0.3 is 0 Å². The van der Waals surface area contributed by atoms with Gasteiger partial charge in [0.25, 0.3) is 5.56 Å². The van der Waals surface area contributed by atoms with Gasteiger partial charge in [-0.1, -0.05) is 30.0 Å². The molecule has 172 valence electrons. The zero-order valence-electron chi connectivity index (χ0n) is 19.0. The maximum atomic E-state index is 13.4. The second kappa shape index (κ2) is 10.4. The maximum absolute atomic E-state index is 13.4. The number of rotatable bonds is 8. The number of hydrogen-bond acceptors (Lipinski definition) is 6. The number of carbonyl (C=O) groups is 1. The van der Waals surface area contributed by atoms with E-state index >= 15 is 0 Å². The van der Waals surface area contributed by atoms with E-state index in [0.29, 0.717) is 34.1 Å². The summed E-state index contributed by atoms with van der Waals surface area (Å²) in [5.74, 6) is 0.555. The van der Waals surface area contributed by atoms with Crippen molar-refractivity contribution in [3.05, 3.63) is 88.1 Å². The minimum atomic E-state index is -0.180. The Hall–Kier alpha value is -3.83. The van der Waals surface area contributed by atoms with Gasteiger partial charge in [0.2, 0.25) is 5.91 Å². The number of para-hydroxylation sites is 1.